The summed E-state index contributed by atoms with van der Waals surface area (Å²) in [6.07, 6.45) is 9.02. The van der Waals surface area contributed by atoms with Crippen LogP contribution in [-0.4, -0.2) is 11.0 Å². The molecular formula is C18H22N2. The number of benzene rings is 1. The number of hydrogen-bond donors (Lipinski definition) is 1. The Balaban J connectivity index is 1.67. The Morgan fingerprint density at radius 3 is 2.50 bits per heavy atom. The molecule has 104 valence electrons. The molecule has 0 spiro atoms. The molecule has 2 unspecified atom stereocenters. The van der Waals surface area contributed by atoms with Crippen molar-refractivity contribution in [1.82, 2.24) is 10.3 Å². The first-order valence-electron chi connectivity index (χ1n) is 7.61. The number of hydrogen-bond acceptors (Lipinski definition) is 2. The number of nitrogens with zero attached hydrogens (tertiary/aromatic N) is 1. The van der Waals surface area contributed by atoms with Gasteiger partial charge >= 0.3 is 0 Å². The van der Waals surface area contributed by atoms with E-state index in [0.29, 0.717) is 12.0 Å². The molecular weight excluding hydrogens is 244 g/mol. The zero-order valence-electron chi connectivity index (χ0n) is 11.8. The number of aromatic nitrogens is 1. The van der Waals surface area contributed by atoms with E-state index in [2.05, 4.69) is 52.8 Å². The van der Waals surface area contributed by atoms with Crippen molar-refractivity contribution in [3.8, 4) is 0 Å². The molecule has 2 heteroatoms. The lowest BCUT2D eigenvalue weighted by molar-refractivity contribution is 0.326. The maximum Gasteiger partial charge on any atom is 0.0271 e. The molecule has 0 amide bonds. The zero-order chi connectivity index (χ0) is 13.6. The van der Waals surface area contributed by atoms with Crippen LogP contribution < -0.4 is 5.32 Å². The zero-order valence-corrected chi connectivity index (χ0v) is 11.8. The van der Waals surface area contributed by atoms with E-state index in [0.717, 1.165) is 6.54 Å². The summed E-state index contributed by atoms with van der Waals surface area (Å²) < 4.78 is 0. The minimum atomic E-state index is 0.597. The van der Waals surface area contributed by atoms with Gasteiger partial charge in [-0.15, -0.1) is 0 Å². The van der Waals surface area contributed by atoms with Gasteiger partial charge in [-0.3, -0.25) is 4.98 Å². The van der Waals surface area contributed by atoms with Crippen LogP contribution in [0.2, 0.25) is 0 Å². The highest BCUT2D eigenvalue weighted by molar-refractivity contribution is 5.22. The van der Waals surface area contributed by atoms with Crippen molar-refractivity contribution in [2.45, 2.75) is 44.2 Å². The standard InChI is InChI=1S/C18H22N2/c1-2-6-16(7-3-1)17-8-4-5-9-18(17)20-14-15-10-12-19-13-11-15/h1-3,6-7,10-13,17-18,20H,4-5,8-9,14H2. The first-order valence-corrected chi connectivity index (χ1v) is 7.61. The lowest BCUT2D eigenvalue weighted by atomic mass is 9.80. The molecule has 1 aromatic carbocycles. The van der Waals surface area contributed by atoms with Gasteiger partial charge in [0.25, 0.3) is 0 Å². The fraction of sp³-hybridized carbons (Fsp3) is 0.389. The van der Waals surface area contributed by atoms with Crippen molar-refractivity contribution in [2.24, 2.45) is 0 Å². The van der Waals surface area contributed by atoms with Crippen LogP contribution in [0, 0.1) is 0 Å². The molecule has 0 radical (unpaired) electrons. The average Bonchev–Trinajstić information content (AvgIpc) is 2.55. The fourth-order valence-electron chi connectivity index (χ4n) is 3.22. The summed E-state index contributed by atoms with van der Waals surface area (Å²) in [6, 6.07) is 15.7. The highest BCUT2D eigenvalue weighted by atomic mass is 14.9. The number of pyridine rings is 1. The van der Waals surface area contributed by atoms with Crippen molar-refractivity contribution >= 4 is 0 Å². The molecule has 1 aliphatic rings. The molecule has 1 aromatic heterocycles. The predicted octanol–water partition coefficient (Wildman–Crippen LogP) is 3.90. The minimum Gasteiger partial charge on any atom is -0.309 e. The predicted molar refractivity (Wildman–Crippen MR) is 82.5 cm³/mol. The maximum atomic E-state index is 4.07. The van der Waals surface area contributed by atoms with E-state index in [1.165, 1.54) is 36.8 Å². The van der Waals surface area contributed by atoms with E-state index < -0.39 is 0 Å². The van der Waals surface area contributed by atoms with Crippen LogP contribution in [0.3, 0.4) is 0 Å². The third kappa shape index (κ3) is 3.26. The largest absolute Gasteiger partial charge is 0.309 e. The van der Waals surface area contributed by atoms with Gasteiger partial charge in [-0.05, 0) is 42.0 Å². The molecule has 2 atom stereocenters. The van der Waals surface area contributed by atoms with E-state index >= 15 is 0 Å². The molecule has 3 rings (SSSR count). The van der Waals surface area contributed by atoms with Gasteiger partial charge in [0.1, 0.15) is 0 Å². The number of nitrogens with one attached hydrogen (secondary N) is 1. The summed E-state index contributed by atoms with van der Waals surface area (Å²) in [5.74, 6) is 0.659. The highest BCUT2D eigenvalue weighted by Crippen LogP contribution is 2.33. The molecule has 1 aliphatic carbocycles. The topological polar surface area (TPSA) is 24.9 Å². The Bertz CT molecular complexity index is 509. The first kappa shape index (κ1) is 13.3. The van der Waals surface area contributed by atoms with E-state index in [1.807, 2.05) is 12.4 Å². The number of rotatable bonds is 4. The van der Waals surface area contributed by atoms with Crippen molar-refractivity contribution in [3.63, 3.8) is 0 Å². The molecule has 1 heterocycles. The molecule has 1 saturated carbocycles. The Morgan fingerprint density at radius 2 is 1.70 bits per heavy atom. The van der Waals surface area contributed by atoms with Crippen molar-refractivity contribution in [1.29, 1.82) is 0 Å². The third-order valence-electron chi connectivity index (χ3n) is 4.31. The lowest BCUT2D eigenvalue weighted by Crippen LogP contribution is -2.36. The summed E-state index contributed by atoms with van der Waals surface area (Å²) in [5.41, 5.74) is 2.80. The Labute approximate surface area is 121 Å². The van der Waals surface area contributed by atoms with E-state index in [9.17, 15) is 0 Å². The van der Waals surface area contributed by atoms with E-state index in [4.69, 9.17) is 0 Å². The maximum absolute atomic E-state index is 4.07. The Kier molecular flexibility index (Phi) is 4.44. The highest BCUT2D eigenvalue weighted by Gasteiger charge is 2.25. The van der Waals surface area contributed by atoms with E-state index in [-0.39, 0.29) is 0 Å². The molecule has 2 aromatic rings. The lowest BCUT2D eigenvalue weighted by Gasteiger charge is -2.33. The third-order valence-corrected chi connectivity index (χ3v) is 4.31. The summed E-state index contributed by atoms with van der Waals surface area (Å²) in [7, 11) is 0. The van der Waals surface area contributed by atoms with Gasteiger partial charge in [0, 0.05) is 25.0 Å². The van der Waals surface area contributed by atoms with Crippen LogP contribution in [0.5, 0.6) is 0 Å². The van der Waals surface area contributed by atoms with Crippen LogP contribution in [0.4, 0.5) is 0 Å². The smallest absolute Gasteiger partial charge is 0.0271 e. The fourth-order valence-corrected chi connectivity index (χ4v) is 3.22. The first-order chi connectivity index (χ1) is 9.93. The van der Waals surface area contributed by atoms with Gasteiger partial charge in [0.2, 0.25) is 0 Å². The second kappa shape index (κ2) is 6.67. The minimum absolute atomic E-state index is 0.597. The molecule has 0 saturated heterocycles. The van der Waals surface area contributed by atoms with Crippen molar-refractivity contribution < 1.29 is 0 Å². The molecule has 1 N–H and O–H groups in total. The second-order valence-electron chi connectivity index (χ2n) is 5.64. The van der Waals surface area contributed by atoms with Crippen LogP contribution in [0.1, 0.15) is 42.7 Å². The van der Waals surface area contributed by atoms with Gasteiger partial charge < -0.3 is 5.32 Å². The summed E-state index contributed by atoms with van der Waals surface area (Å²) in [4.78, 5) is 4.07. The van der Waals surface area contributed by atoms with Gasteiger partial charge in [-0.25, -0.2) is 0 Å². The van der Waals surface area contributed by atoms with Crippen molar-refractivity contribution in [2.75, 3.05) is 0 Å². The van der Waals surface area contributed by atoms with Crippen LogP contribution >= 0.6 is 0 Å². The van der Waals surface area contributed by atoms with Crippen LogP contribution in [-0.2, 0) is 6.54 Å². The average molecular weight is 266 g/mol. The normalized spacial score (nSPS) is 22.6. The SMILES string of the molecule is c1ccc(C2CCCCC2NCc2ccncc2)cc1. The van der Waals surface area contributed by atoms with Crippen molar-refractivity contribution in [3.05, 3.63) is 66.0 Å². The molecule has 20 heavy (non-hydrogen) atoms. The monoisotopic (exact) mass is 266 g/mol. The van der Waals surface area contributed by atoms with E-state index in [1.54, 1.807) is 0 Å². The molecule has 0 aliphatic heterocycles. The van der Waals surface area contributed by atoms with Crippen LogP contribution in [0.25, 0.3) is 0 Å². The van der Waals surface area contributed by atoms with Gasteiger partial charge in [-0.2, -0.15) is 0 Å². The molecule has 2 nitrogen and oxygen atoms in total. The second-order valence-corrected chi connectivity index (χ2v) is 5.64. The molecule has 1 fully saturated rings. The summed E-state index contributed by atoms with van der Waals surface area (Å²) in [6.45, 7) is 0.941. The quantitative estimate of drug-likeness (QED) is 0.908. The Morgan fingerprint density at radius 1 is 0.950 bits per heavy atom. The summed E-state index contributed by atoms with van der Waals surface area (Å²) >= 11 is 0. The van der Waals surface area contributed by atoms with Crippen LogP contribution in [0.15, 0.2) is 54.9 Å². The van der Waals surface area contributed by atoms with Gasteiger partial charge in [-0.1, -0.05) is 43.2 Å². The summed E-state index contributed by atoms with van der Waals surface area (Å²) in [5, 5.41) is 3.76. The van der Waals surface area contributed by atoms with Gasteiger partial charge in [0.15, 0.2) is 0 Å². The van der Waals surface area contributed by atoms with Gasteiger partial charge in [0.05, 0.1) is 0 Å². The molecule has 0 bridgehead atoms. The Hall–Kier alpha value is -1.67.